The Labute approximate surface area is 72.0 Å². The molecule has 0 bridgehead atoms. The first-order valence-corrected chi connectivity index (χ1v) is 3.15. The van der Waals surface area contributed by atoms with Gasteiger partial charge in [0.25, 0.3) is 0 Å². The third kappa shape index (κ3) is 1.54. The number of carbonyl (C=O) groups is 1. The van der Waals surface area contributed by atoms with E-state index >= 15 is 0 Å². The van der Waals surface area contributed by atoms with E-state index in [0.29, 0.717) is 6.42 Å². The number of hydrogen-bond donors (Lipinski definition) is 1. The molecule has 3 nitrogen and oxygen atoms in total. The zero-order valence-electron chi connectivity index (χ0n) is 6.37. The summed E-state index contributed by atoms with van der Waals surface area (Å²) >= 11 is 0. The van der Waals surface area contributed by atoms with Gasteiger partial charge in [-0.05, 0) is 6.42 Å². The Morgan fingerprint density at radius 2 is 2.45 bits per heavy atom. The summed E-state index contributed by atoms with van der Waals surface area (Å²) in [7, 11) is 1.34. The van der Waals surface area contributed by atoms with Crippen LogP contribution in [-0.4, -0.2) is 18.6 Å². The number of esters is 1. The van der Waals surface area contributed by atoms with Crippen LogP contribution >= 0.6 is 12.4 Å². The summed E-state index contributed by atoms with van der Waals surface area (Å²) in [5.41, 5.74) is 4.86. The Balaban J connectivity index is 0.000001000. The van der Waals surface area contributed by atoms with Gasteiger partial charge in [-0.15, -0.1) is 19.0 Å². The van der Waals surface area contributed by atoms with Gasteiger partial charge in [-0.2, -0.15) is 0 Å². The Kier molecular flexibility index (Phi) is 3.08. The predicted octanol–water partition coefficient (Wildman–Crippen LogP) is 0.485. The first-order valence-electron chi connectivity index (χ1n) is 3.15. The maximum Gasteiger partial charge on any atom is 0.326 e. The van der Waals surface area contributed by atoms with Crippen molar-refractivity contribution in [1.82, 2.24) is 0 Å². The van der Waals surface area contributed by atoms with Crippen LogP contribution in [0, 0.1) is 5.92 Å². The summed E-state index contributed by atoms with van der Waals surface area (Å²) in [6.07, 6.45) is 2.36. The lowest BCUT2D eigenvalue weighted by Gasteiger charge is -2.05. The molecule has 4 heteroatoms. The molecule has 0 saturated heterocycles. The van der Waals surface area contributed by atoms with Crippen LogP contribution < -0.4 is 5.73 Å². The largest absolute Gasteiger partial charge is 0.468 e. The molecule has 0 aliphatic heterocycles. The number of carbonyl (C=O) groups excluding carboxylic acids is 1. The van der Waals surface area contributed by atoms with Crippen molar-refractivity contribution in [2.45, 2.75) is 12.0 Å². The van der Waals surface area contributed by atoms with Crippen molar-refractivity contribution in [3.05, 3.63) is 12.7 Å². The summed E-state index contributed by atoms with van der Waals surface area (Å²) in [6.45, 7) is 3.55. The van der Waals surface area contributed by atoms with Crippen LogP contribution in [-0.2, 0) is 9.53 Å². The van der Waals surface area contributed by atoms with Gasteiger partial charge in [0.2, 0.25) is 0 Å². The van der Waals surface area contributed by atoms with Crippen LogP contribution in [0.15, 0.2) is 12.7 Å². The highest BCUT2D eigenvalue weighted by molar-refractivity contribution is 5.85. The minimum absolute atomic E-state index is 0. The molecule has 1 saturated carbocycles. The van der Waals surface area contributed by atoms with Gasteiger partial charge < -0.3 is 10.5 Å². The Hall–Kier alpha value is -0.540. The fourth-order valence-electron chi connectivity index (χ4n) is 1.02. The van der Waals surface area contributed by atoms with E-state index in [1.54, 1.807) is 6.08 Å². The van der Waals surface area contributed by atoms with E-state index < -0.39 is 5.54 Å². The quantitative estimate of drug-likeness (QED) is 0.493. The molecule has 2 atom stereocenters. The van der Waals surface area contributed by atoms with Gasteiger partial charge in [0.15, 0.2) is 0 Å². The number of halogens is 1. The fourth-order valence-corrected chi connectivity index (χ4v) is 1.02. The monoisotopic (exact) mass is 177 g/mol. The average Bonchev–Trinajstić information content (AvgIpc) is 2.61. The van der Waals surface area contributed by atoms with E-state index in [1.807, 2.05) is 0 Å². The molecule has 2 N–H and O–H groups in total. The van der Waals surface area contributed by atoms with E-state index in [4.69, 9.17) is 5.73 Å². The third-order valence-electron chi connectivity index (χ3n) is 1.91. The molecule has 1 rings (SSSR count). The maximum absolute atomic E-state index is 10.9. The van der Waals surface area contributed by atoms with E-state index in [1.165, 1.54) is 7.11 Å². The van der Waals surface area contributed by atoms with Crippen molar-refractivity contribution < 1.29 is 9.53 Å². The molecule has 0 heterocycles. The van der Waals surface area contributed by atoms with Gasteiger partial charge in [-0.1, -0.05) is 6.08 Å². The zero-order valence-corrected chi connectivity index (χ0v) is 7.19. The van der Waals surface area contributed by atoms with Gasteiger partial charge in [-0.25, -0.2) is 0 Å². The Morgan fingerprint density at radius 1 is 1.91 bits per heavy atom. The molecule has 0 spiro atoms. The van der Waals surface area contributed by atoms with Crippen molar-refractivity contribution in [1.29, 1.82) is 0 Å². The zero-order chi connectivity index (χ0) is 7.78. The van der Waals surface area contributed by atoms with Crippen LogP contribution in [0.1, 0.15) is 6.42 Å². The van der Waals surface area contributed by atoms with Gasteiger partial charge in [0, 0.05) is 5.92 Å². The van der Waals surface area contributed by atoms with Crippen LogP contribution in [0.2, 0.25) is 0 Å². The summed E-state index contributed by atoms with van der Waals surface area (Å²) in [5, 5.41) is 0. The summed E-state index contributed by atoms with van der Waals surface area (Å²) in [6, 6.07) is 0. The van der Waals surface area contributed by atoms with E-state index in [2.05, 4.69) is 11.3 Å². The lowest BCUT2D eigenvalue weighted by molar-refractivity contribution is -0.143. The summed E-state index contributed by atoms with van der Waals surface area (Å²) < 4.78 is 4.50. The summed E-state index contributed by atoms with van der Waals surface area (Å²) in [4.78, 5) is 10.9. The topological polar surface area (TPSA) is 52.3 Å². The number of hydrogen-bond acceptors (Lipinski definition) is 3. The molecule has 11 heavy (non-hydrogen) atoms. The van der Waals surface area contributed by atoms with Gasteiger partial charge in [0.05, 0.1) is 7.11 Å². The highest BCUT2D eigenvalue weighted by atomic mass is 35.5. The van der Waals surface area contributed by atoms with E-state index in [9.17, 15) is 4.79 Å². The lowest BCUT2D eigenvalue weighted by Crippen LogP contribution is -2.36. The molecule has 1 aliphatic carbocycles. The van der Waals surface area contributed by atoms with Crippen molar-refractivity contribution in [3.63, 3.8) is 0 Å². The molecular formula is C7H12ClNO2. The van der Waals surface area contributed by atoms with Crippen LogP contribution in [0.4, 0.5) is 0 Å². The number of ether oxygens (including phenoxy) is 1. The fraction of sp³-hybridized carbons (Fsp3) is 0.571. The SMILES string of the molecule is C=CC1C[C@]1(N)C(=O)OC.Cl. The standard InChI is InChI=1S/C7H11NO2.ClH/c1-3-5-4-7(5,8)6(9)10-2;/h3,5H,1,4,8H2,2H3;1H/t5?,7-;/m1./s1. The smallest absolute Gasteiger partial charge is 0.326 e. The highest BCUT2D eigenvalue weighted by Gasteiger charge is 2.56. The Morgan fingerprint density at radius 3 is 2.73 bits per heavy atom. The van der Waals surface area contributed by atoms with Crippen molar-refractivity contribution in [2.24, 2.45) is 11.7 Å². The van der Waals surface area contributed by atoms with Crippen LogP contribution in [0.3, 0.4) is 0 Å². The van der Waals surface area contributed by atoms with Crippen molar-refractivity contribution in [3.8, 4) is 0 Å². The second-order valence-electron chi connectivity index (χ2n) is 2.58. The number of nitrogens with two attached hydrogens (primary N) is 1. The van der Waals surface area contributed by atoms with Gasteiger partial charge >= 0.3 is 5.97 Å². The molecule has 0 aromatic rings. The number of rotatable bonds is 2. The molecule has 1 aliphatic rings. The molecule has 0 radical (unpaired) electrons. The molecule has 64 valence electrons. The molecule has 0 aromatic heterocycles. The third-order valence-corrected chi connectivity index (χ3v) is 1.91. The van der Waals surface area contributed by atoms with Gasteiger partial charge in [0.1, 0.15) is 5.54 Å². The maximum atomic E-state index is 10.9. The van der Waals surface area contributed by atoms with Crippen molar-refractivity contribution in [2.75, 3.05) is 7.11 Å². The van der Waals surface area contributed by atoms with Crippen molar-refractivity contribution >= 4 is 18.4 Å². The highest BCUT2D eigenvalue weighted by Crippen LogP contribution is 2.42. The average molecular weight is 178 g/mol. The van der Waals surface area contributed by atoms with E-state index in [0.717, 1.165) is 0 Å². The second-order valence-corrected chi connectivity index (χ2v) is 2.58. The predicted molar refractivity (Wildman–Crippen MR) is 44.5 cm³/mol. The van der Waals surface area contributed by atoms with Crippen LogP contribution in [0.25, 0.3) is 0 Å². The van der Waals surface area contributed by atoms with E-state index in [-0.39, 0.29) is 24.3 Å². The molecule has 0 aromatic carbocycles. The van der Waals surface area contributed by atoms with Gasteiger partial charge in [-0.3, -0.25) is 4.79 Å². The first-order chi connectivity index (χ1) is 4.65. The molecule has 1 fully saturated rings. The second kappa shape index (κ2) is 3.24. The lowest BCUT2D eigenvalue weighted by atomic mass is 10.2. The minimum Gasteiger partial charge on any atom is -0.468 e. The minimum atomic E-state index is -0.753. The summed E-state index contributed by atoms with van der Waals surface area (Å²) in [5.74, 6) is -0.225. The number of methoxy groups -OCH3 is 1. The molecular weight excluding hydrogens is 166 g/mol. The molecule has 1 unspecified atom stereocenters. The normalized spacial score (nSPS) is 33.5. The van der Waals surface area contributed by atoms with Crippen LogP contribution in [0.5, 0.6) is 0 Å². The Bertz CT molecular complexity index is 183. The molecule has 0 amide bonds. The first kappa shape index (κ1) is 10.5.